The van der Waals surface area contributed by atoms with Crippen molar-refractivity contribution in [2.75, 3.05) is 26.4 Å². The van der Waals surface area contributed by atoms with Gasteiger partial charge in [-0.15, -0.1) is 0 Å². The first-order valence-corrected chi connectivity index (χ1v) is 16.4. The van der Waals surface area contributed by atoms with Gasteiger partial charge in [0.05, 0.1) is 38.6 Å². The summed E-state index contributed by atoms with van der Waals surface area (Å²) in [5, 5.41) is 119. The number of ether oxygens (including phenoxy) is 7. The molecule has 8 unspecified atom stereocenters. The smallest absolute Gasteiger partial charge is 0.217 e. The maximum atomic E-state index is 12.2. The van der Waals surface area contributed by atoms with Crippen LogP contribution in [0.3, 0.4) is 0 Å². The number of hydrogen-bond donors (Lipinski definition) is 13. The van der Waals surface area contributed by atoms with E-state index >= 15 is 0 Å². The second kappa shape index (κ2) is 18.0. The van der Waals surface area contributed by atoms with Gasteiger partial charge in [-0.2, -0.15) is 0 Å². The third kappa shape index (κ3) is 9.30. The maximum Gasteiger partial charge on any atom is 0.217 e. The first kappa shape index (κ1) is 42.0. The second-order valence-corrected chi connectivity index (χ2v) is 13.0. The fourth-order valence-electron chi connectivity index (χ4n) is 6.50. The lowest BCUT2D eigenvalue weighted by Gasteiger charge is -2.49. The van der Waals surface area contributed by atoms with Crippen LogP contribution in [-0.4, -0.2) is 217 Å². The maximum absolute atomic E-state index is 12.2. The van der Waals surface area contributed by atoms with E-state index < -0.39 is 161 Å². The van der Waals surface area contributed by atoms with E-state index in [1.807, 2.05) is 0 Å². The van der Waals surface area contributed by atoms with Crippen LogP contribution < -0.4 is 10.6 Å². The van der Waals surface area contributed by atoms with E-state index in [1.165, 1.54) is 6.92 Å². The molecule has 4 aliphatic rings. The molecular formula is C29H50N2O20. The molecule has 0 aromatic rings. The van der Waals surface area contributed by atoms with E-state index in [9.17, 15) is 65.8 Å². The van der Waals surface area contributed by atoms with E-state index in [0.29, 0.717) is 0 Å². The van der Waals surface area contributed by atoms with E-state index in [0.717, 1.165) is 6.92 Å². The van der Waals surface area contributed by atoms with Crippen LogP contribution in [0.5, 0.6) is 0 Å². The van der Waals surface area contributed by atoms with Gasteiger partial charge in [-0.1, -0.05) is 0 Å². The van der Waals surface area contributed by atoms with Crippen LogP contribution >= 0.6 is 0 Å². The van der Waals surface area contributed by atoms with Crippen LogP contribution in [0.2, 0.25) is 0 Å². The molecule has 4 saturated heterocycles. The topological polar surface area (TPSA) is 345 Å². The van der Waals surface area contributed by atoms with E-state index in [2.05, 4.69) is 10.6 Å². The van der Waals surface area contributed by atoms with E-state index in [-0.39, 0.29) is 0 Å². The highest BCUT2D eigenvalue weighted by atomic mass is 16.8. The highest BCUT2D eigenvalue weighted by molar-refractivity contribution is 5.73. The van der Waals surface area contributed by atoms with Gasteiger partial charge < -0.3 is 100.0 Å². The molecule has 13 N–H and O–H groups in total. The first-order valence-electron chi connectivity index (χ1n) is 16.4. The Morgan fingerprint density at radius 1 is 0.529 bits per heavy atom. The molecule has 20 atom stereocenters. The van der Waals surface area contributed by atoms with Crippen molar-refractivity contribution in [2.45, 2.75) is 143 Å². The molecule has 22 nitrogen and oxygen atoms in total. The van der Waals surface area contributed by atoms with Crippen LogP contribution in [0.4, 0.5) is 0 Å². The van der Waals surface area contributed by atoms with Gasteiger partial charge in [-0.3, -0.25) is 9.59 Å². The van der Waals surface area contributed by atoms with Crippen LogP contribution in [0.1, 0.15) is 20.8 Å². The molecule has 0 spiro atoms. The Balaban J connectivity index is 1.50. The summed E-state index contributed by atoms with van der Waals surface area (Å²) in [6.07, 6.45) is -28.8. The van der Waals surface area contributed by atoms with Crippen molar-refractivity contribution < 1.29 is 98.9 Å². The van der Waals surface area contributed by atoms with Crippen molar-refractivity contribution in [1.29, 1.82) is 0 Å². The van der Waals surface area contributed by atoms with Crippen molar-refractivity contribution in [2.24, 2.45) is 0 Å². The van der Waals surface area contributed by atoms with Crippen LogP contribution in [0.25, 0.3) is 0 Å². The molecule has 51 heavy (non-hydrogen) atoms. The van der Waals surface area contributed by atoms with Crippen molar-refractivity contribution in [3.05, 3.63) is 0 Å². The quantitative estimate of drug-likeness (QED) is 0.0881. The normalized spacial score (nSPS) is 47.8. The Hall–Kier alpha value is -1.78. The molecule has 4 fully saturated rings. The molecule has 0 bridgehead atoms. The molecule has 0 radical (unpaired) electrons. The van der Waals surface area contributed by atoms with Crippen LogP contribution in [0, 0.1) is 0 Å². The summed E-state index contributed by atoms with van der Waals surface area (Å²) in [5.74, 6) is -1.19. The van der Waals surface area contributed by atoms with Gasteiger partial charge in [0, 0.05) is 13.8 Å². The summed E-state index contributed by atoms with van der Waals surface area (Å²) in [6.45, 7) is 0.927. The van der Waals surface area contributed by atoms with Crippen molar-refractivity contribution in [1.82, 2.24) is 10.6 Å². The second-order valence-electron chi connectivity index (χ2n) is 13.0. The molecule has 0 saturated carbocycles. The summed E-state index contributed by atoms with van der Waals surface area (Å²) in [5.41, 5.74) is 0. The van der Waals surface area contributed by atoms with Crippen LogP contribution in [-0.2, 0) is 42.7 Å². The Kier molecular flexibility index (Phi) is 14.8. The lowest BCUT2D eigenvalue weighted by atomic mass is 9.92. The summed E-state index contributed by atoms with van der Waals surface area (Å²) >= 11 is 0. The number of aliphatic hydroxyl groups excluding tert-OH is 11. The number of rotatable bonds is 12. The molecule has 4 heterocycles. The first-order chi connectivity index (χ1) is 24.0. The van der Waals surface area contributed by atoms with Gasteiger partial charge >= 0.3 is 0 Å². The summed E-state index contributed by atoms with van der Waals surface area (Å²) < 4.78 is 39.6. The molecular weight excluding hydrogens is 696 g/mol. The summed E-state index contributed by atoms with van der Waals surface area (Å²) in [4.78, 5) is 24.0. The predicted molar refractivity (Wildman–Crippen MR) is 161 cm³/mol. The van der Waals surface area contributed by atoms with Crippen molar-refractivity contribution >= 4 is 11.8 Å². The van der Waals surface area contributed by atoms with E-state index in [4.69, 9.17) is 33.2 Å². The number of amides is 2. The monoisotopic (exact) mass is 746 g/mol. The van der Waals surface area contributed by atoms with Crippen molar-refractivity contribution in [3.63, 3.8) is 0 Å². The lowest BCUT2D eigenvalue weighted by Crippen LogP contribution is -2.70. The van der Waals surface area contributed by atoms with Gasteiger partial charge in [0.15, 0.2) is 18.9 Å². The molecule has 22 heteroatoms. The summed E-state index contributed by atoms with van der Waals surface area (Å²) in [6, 6.07) is -2.51. The van der Waals surface area contributed by atoms with Gasteiger partial charge in [0.25, 0.3) is 0 Å². The van der Waals surface area contributed by atoms with Crippen LogP contribution in [0.15, 0.2) is 0 Å². The average Bonchev–Trinajstić information content (AvgIpc) is 3.09. The SMILES string of the molecule is CC(=O)NC1[C@H](O[C@@H]2C(CO)O[C@@H](C)C(NC(C)=O)[C@H]2O)OC(CO)[C@@H](O[C@@H]2OC(CO[C@H]3OC(CO)[C@@H](O)C(O)[C@H]3O)[C@@H](O)C(O)[C@H]2O)[C@@H]1O. The van der Waals surface area contributed by atoms with Gasteiger partial charge in [0.2, 0.25) is 11.8 Å². The Morgan fingerprint density at radius 2 is 0.961 bits per heavy atom. The van der Waals surface area contributed by atoms with Gasteiger partial charge in [-0.25, -0.2) is 0 Å². The minimum atomic E-state index is -1.98. The fourth-order valence-corrected chi connectivity index (χ4v) is 6.50. The molecule has 0 aliphatic carbocycles. The molecule has 0 aromatic heterocycles. The summed E-state index contributed by atoms with van der Waals surface area (Å²) in [7, 11) is 0. The third-order valence-electron chi connectivity index (χ3n) is 9.26. The van der Waals surface area contributed by atoms with Gasteiger partial charge in [0.1, 0.15) is 91.5 Å². The number of carbonyl (C=O) groups is 2. The number of nitrogens with one attached hydrogen (secondary N) is 2. The fraction of sp³-hybridized carbons (Fsp3) is 0.931. The highest BCUT2D eigenvalue weighted by Gasteiger charge is 2.54. The Labute approximate surface area is 291 Å². The number of hydrogen-bond acceptors (Lipinski definition) is 20. The minimum Gasteiger partial charge on any atom is -0.394 e. The lowest BCUT2D eigenvalue weighted by molar-refractivity contribution is -0.363. The number of carbonyl (C=O) groups excluding carboxylic acids is 2. The zero-order chi connectivity index (χ0) is 37.9. The predicted octanol–water partition coefficient (Wildman–Crippen LogP) is -8.39. The zero-order valence-electron chi connectivity index (χ0n) is 28.0. The number of aliphatic hydroxyl groups is 11. The molecule has 4 aliphatic heterocycles. The van der Waals surface area contributed by atoms with Crippen molar-refractivity contribution in [3.8, 4) is 0 Å². The molecule has 4 rings (SSSR count). The Morgan fingerprint density at radius 3 is 1.51 bits per heavy atom. The molecule has 2 amide bonds. The Bertz CT molecular complexity index is 1140. The van der Waals surface area contributed by atoms with E-state index in [1.54, 1.807) is 6.92 Å². The largest absolute Gasteiger partial charge is 0.394 e. The highest BCUT2D eigenvalue weighted by Crippen LogP contribution is 2.33. The van der Waals surface area contributed by atoms with Gasteiger partial charge in [-0.05, 0) is 6.92 Å². The molecule has 0 aromatic carbocycles. The average molecular weight is 747 g/mol. The standard InChI is InChI=1S/C29H50N2O20/c1-8-15(30-9(2)35)19(39)25(12(5-33)46-8)50-27-16(31-10(3)36)20(40)26(13(6-34)48-27)51-29-24(44)22(42)18(38)14(49-29)7-45-28-23(43)21(41)17(37)11(4-32)47-28/h8,11-29,32-34,37-44H,4-7H2,1-3H3,(H,30,35)(H,31,36)/t8-,11?,12?,13?,14?,15?,16?,17+,18+,19+,20+,21?,22?,23+,24+,25+,26+,27-,28-,29-/m0/s1. The molecule has 296 valence electrons. The zero-order valence-corrected chi connectivity index (χ0v) is 28.0. The minimum absolute atomic E-state index is 0.496. The third-order valence-corrected chi connectivity index (χ3v) is 9.26.